The summed E-state index contributed by atoms with van der Waals surface area (Å²) in [5.41, 5.74) is 1.19. The quantitative estimate of drug-likeness (QED) is 0.898. The molecular weight excluding hydrogens is 302 g/mol. The number of likely N-dealkylation sites (tertiary alicyclic amines) is 1. The van der Waals surface area contributed by atoms with Crippen LogP contribution in [0.2, 0.25) is 0 Å². The second-order valence-electron chi connectivity index (χ2n) is 5.70. The van der Waals surface area contributed by atoms with Crippen molar-refractivity contribution in [1.82, 2.24) is 9.80 Å². The molecule has 0 bridgehead atoms. The molecular formula is C15H24BrN3. The van der Waals surface area contributed by atoms with Crippen LogP contribution in [0.5, 0.6) is 0 Å². The monoisotopic (exact) mass is 325 g/mol. The van der Waals surface area contributed by atoms with Crippen LogP contribution in [0.1, 0.15) is 6.92 Å². The van der Waals surface area contributed by atoms with Crippen molar-refractivity contribution in [2.75, 3.05) is 45.6 Å². The Kier molecular flexibility index (Phi) is 5.25. The molecule has 2 unspecified atom stereocenters. The summed E-state index contributed by atoms with van der Waals surface area (Å²) < 4.78 is 1.13. The second kappa shape index (κ2) is 6.73. The summed E-state index contributed by atoms with van der Waals surface area (Å²) in [6.07, 6.45) is 0. The van der Waals surface area contributed by atoms with E-state index in [1.807, 2.05) is 0 Å². The summed E-state index contributed by atoms with van der Waals surface area (Å²) in [6, 6.07) is 9.07. The summed E-state index contributed by atoms with van der Waals surface area (Å²) in [7, 11) is 4.37. The predicted octanol–water partition coefficient (Wildman–Crippen LogP) is 2.74. The number of nitrogens with zero attached hydrogens (tertiary/aromatic N) is 2. The topological polar surface area (TPSA) is 18.5 Å². The minimum absolute atomic E-state index is 0.702. The van der Waals surface area contributed by atoms with Crippen molar-refractivity contribution in [3.05, 3.63) is 28.7 Å². The van der Waals surface area contributed by atoms with E-state index in [2.05, 4.69) is 76.3 Å². The number of halogens is 1. The number of hydrogen-bond donors (Lipinski definition) is 1. The van der Waals surface area contributed by atoms with Crippen LogP contribution in [0.15, 0.2) is 28.7 Å². The van der Waals surface area contributed by atoms with E-state index in [4.69, 9.17) is 0 Å². The molecule has 1 saturated heterocycles. The lowest BCUT2D eigenvalue weighted by atomic mass is 10.1. The molecule has 0 saturated carbocycles. The molecule has 2 atom stereocenters. The molecule has 4 heteroatoms. The number of hydrogen-bond acceptors (Lipinski definition) is 3. The van der Waals surface area contributed by atoms with Gasteiger partial charge in [0.25, 0.3) is 0 Å². The van der Waals surface area contributed by atoms with Crippen molar-refractivity contribution in [1.29, 1.82) is 0 Å². The third kappa shape index (κ3) is 4.20. The number of likely N-dealkylation sites (N-methyl/N-ethyl adjacent to an activating group) is 1. The molecule has 1 fully saturated rings. The first-order valence-electron chi connectivity index (χ1n) is 6.94. The van der Waals surface area contributed by atoms with Gasteiger partial charge >= 0.3 is 0 Å². The van der Waals surface area contributed by atoms with Crippen molar-refractivity contribution >= 4 is 21.6 Å². The Bertz CT molecular complexity index is 391. The summed E-state index contributed by atoms with van der Waals surface area (Å²) >= 11 is 3.45. The minimum atomic E-state index is 0.702. The highest BCUT2D eigenvalue weighted by molar-refractivity contribution is 9.10. The van der Waals surface area contributed by atoms with Gasteiger partial charge in [-0.15, -0.1) is 0 Å². The molecule has 19 heavy (non-hydrogen) atoms. The maximum absolute atomic E-state index is 3.48. The van der Waals surface area contributed by atoms with Crippen molar-refractivity contribution < 1.29 is 0 Å². The highest BCUT2D eigenvalue weighted by atomic mass is 79.9. The van der Waals surface area contributed by atoms with Crippen molar-refractivity contribution in [3.8, 4) is 0 Å². The summed E-state index contributed by atoms with van der Waals surface area (Å²) in [4.78, 5) is 4.91. The van der Waals surface area contributed by atoms with Gasteiger partial charge in [-0.1, -0.05) is 22.9 Å². The van der Waals surface area contributed by atoms with Gasteiger partial charge in [0, 0.05) is 42.4 Å². The number of benzene rings is 1. The molecule has 106 valence electrons. The Morgan fingerprint density at radius 3 is 2.53 bits per heavy atom. The second-order valence-corrected chi connectivity index (χ2v) is 6.62. The van der Waals surface area contributed by atoms with E-state index in [1.165, 1.54) is 18.8 Å². The van der Waals surface area contributed by atoms with Gasteiger partial charge in [0.2, 0.25) is 0 Å². The third-order valence-corrected chi connectivity index (χ3v) is 4.44. The lowest BCUT2D eigenvalue weighted by Crippen LogP contribution is -2.35. The van der Waals surface area contributed by atoms with Crippen LogP contribution in [0.4, 0.5) is 5.69 Å². The molecule has 1 heterocycles. The van der Waals surface area contributed by atoms with Gasteiger partial charge in [-0.2, -0.15) is 0 Å². The van der Waals surface area contributed by atoms with E-state index >= 15 is 0 Å². The van der Waals surface area contributed by atoms with Gasteiger partial charge < -0.3 is 10.2 Å². The first-order valence-corrected chi connectivity index (χ1v) is 7.74. The summed E-state index contributed by atoms with van der Waals surface area (Å²) in [5.74, 6) is 0.766. The fourth-order valence-electron chi connectivity index (χ4n) is 2.83. The van der Waals surface area contributed by atoms with Gasteiger partial charge in [-0.25, -0.2) is 0 Å². The van der Waals surface area contributed by atoms with Crippen LogP contribution in [-0.4, -0.2) is 56.1 Å². The Balaban J connectivity index is 1.73. The maximum atomic E-state index is 3.48. The Hall–Kier alpha value is -0.580. The van der Waals surface area contributed by atoms with E-state index in [-0.39, 0.29) is 0 Å². The lowest BCUT2D eigenvalue weighted by molar-refractivity contribution is 0.254. The number of anilines is 1. The zero-order valence-corrected chi connectivity index (χ0v) is 13.7. The third-order valence-electron chi connectivity index (χ3n) is 3.91. The maximum Gasteiger partial charge on any atom is 0.0341 e. The molecule has 2 rings (SSSR count). The molecule has 3 nitrogen and oxygen atoms in total. The molecule has 1 aromatic rings. The highest BCUT2D eigenvalue weighted by Crippen LogP contribution is 2.19. The van der Waals surface area contributed by atoms with Crippen LogP contribution in [0.25, 0.3) is 0 Å². The normalized spacial score (nSPS) is 24.1. The van der Waals surface area contributed by atoms with Crippen LogP contribution < -0.4 is 5.32 Å². The average Bonchev–Trinajstić information content (AvgIpc) is 2.73. The van der Waals surface area contributed by atoms with E-state index in [9.17, 15) is 0 Å². The molecule has 0 spiro atoms. The van der Waals surface area contributed by atoms with E-state index in [0.717, 1.165) is 23.5 Å². The number of rotatable bonds is 5. The SMILES string of the molecule is CC1CN(CCNc2ccc(Br)cc2)CC1N(C)C. The molecule has 0 radical (unpaired) electrons. The van der Waals surface area contributed by atoms with Crippen LogP contribution in [0.3, 0.4) is 0 Å². The van der Waals surface area contributed by atoms with Gasteiger partial charge in [-0.3, -0.25) is 4.90 Å². The molecule has 0 aromatic heterocycles. The predicted molar refractivity (Wildman–Crippen MR) is 85.7 cm³/mol. The van der Waals surface area contributed by atoms with Gasteiger partial charge in [0.05, 0.1) is 0 Å². The largest absolute Gasteiger partial charge is 0.384 e. The fraction of sp³-hybridized carbons (Fsp3) is 0.600. The molecule has 0 aliphatic carbocycles. The smallest absolute Gasteiger partial charge is 0.0341 e. The van der Waals surface area contributed by atoms with Crippen molar-refractivity contribution in [2.45, 2.75) is 13.0 Å². The van der Waals surface area contributed by atoms with Gasteiger partial charge in [0.1, 0.15) is 0 Å². The molecule has 0 amide bonds. The molecule has 1 N–H and O–H groups in total. The number of nitrogens with one attached hydrogen (secondary N) is 1. The van der Waals surface area contributed by atoms with Gasteiger partial charge in [-0.05, 0) is 44.3 Å². The van der Waals surface area contributed by atoms with Crippen LogP contribution >= 0.6 is 15.9 Å². The standard InChI is InChI=1S/C15H24BrN3/c1-12-10-19(11-15(12)18(2)3)9-8-17-14-6-4-13(16)5-7-14/h4-7,12,15,17H,8-11H2,1-3H3. The first-order chi connectivity index (χ1) is 9.06. The summed E-state index contributed by atoms with van der Waals surface area (Å²) in [6.45, 7) is 6.88. The summed E-state index contributed by atoms with van der Waals surface area (Å²) in [5, 5.41) is 3.48. The van der Waals surface area contributed by atoms with E-state index in [0.29, 0.717) is 6.04 Å². The molecule has 1 aliphatic heterocycles. The molecule has 1 aliphatic rings. The lowest BCUT2D eigenvalue weighted by Gasteiger charge is -2.22. The Labute approximate surface area is 125 Å². The highest BCUT2D eigenvalue weighted by Gasteiger charge is 2.30. The van der Waals surface area contributed by atoms with E-state index in [1.54, 1.807) is 0 Å². The van der Waals surface area contributed by atoms with Crippen LogP contribution in [-0.2, 0) is 0 Å². The zero-order valence-electron chi connectivity index (χ0n) is 12.1. The van der Waals surface area contributed by atoms with Crippen LogP contribution in [0, 0.1) is 5.92 Å². The molecule has 1 aromatic carbocycles. The first kappa shape index (κ1) is 14.8. The minimum Gasteiger partial charge on any atom is -0.384 e. The van der Waals surface area contributed by atoms with Gasteiger partial charge in [0.15, 0.2) is 0 Å². The Morgan fingerprint density at radius 1 is 1.26 bits per heavy atom. The van der Waals surface area contributed by atoms with Crippen molar-refractivity contribution in [2.24, 2.45) is 5.92 Å². The zero-order chi connectivity index (χ0) is 13.8. The fourth-order valence-corrected chi connectivity index (χ4v) is 3.09. The van der Waals surface area contributed by atoms with E-state index < -0.39 is 0 Å². The Morgan fingerprint density at radius 2 is 1.95 bits per heavy atom. The van der Waals surface area contributed by atoms with Crippen molar-refractivity contribution in [3.63, 3.8) is 0 Å². The average molecular weight is 326 g/mol.